The highest BCUT2D eigenvalue weighted by Crippen LogP contribution is 2.51. The predicted molar refractivity (Wildman–Crippen MR) is 59.1 cm³/mol. The minimum absolute atomic E-state index is 0.153. The molecule has 0 saturated heterocycles. The first-order valence-electron chi connectivity index (χ1n) is 5.98. The van der Waals surface area contributed by atoms with Gasteiger partial charge in [-0.2, -0.15) is 0 Å². The summed E-state index contributed by atoms with van der Waals surface area (Å²) in [7, 11) is 2.04. The standard InChI is InChI=1S/C12H19N3/c1-15-5-4-14-12(15)11(13)10-7-8-2-3-9(10)6-8/h4-5,8-11H,2-3,6-7,13H2,1H3. The number of rotatable bonds is 2. The van der Waals surface area contributed by atoms with Gasteiger partial charge in [-0.3, -0.25) is 0 Å². The summed E-state index contributed by atoms with van der Waals surface area (Å²) in [5.41, 5.74) is 6.35. The predicted octanol–water partition coefficient (Wildman–Crippen LogP) is 1.86. The molecule has 2 aliphatic carbocycles. The molecule has 4 atom stereocenters. The van der Waals surface area contributed by atoms with Crippen molar-refractivity contribution in [3.8, 4) is 0 Å². The average molecular weight is 205 g/mol. The first-order valence-corrected chi connectivity index (χ1v) is 5.98. The van der Waals surface area contributed by atoms with Crippen molar-refractivity contribution in [2.45, 2.75) is 31.7 Å². The van der Waals surface area contributed by atoms with Gasteiger partial charge in [0.2, 0.25) is 0 Å². The van der Waals surface area contributed by atoms with Crippen molar-refractivity contribution in [1.29, 1.82) is 0 Å². The monoisotopic (exact) mass is 205 g/mol. The third-order valence-electron chi connectivity index (χ3n) is 4.41. The van der Waals surface area contributed by atoms with Gasteiger partial charge in [0.1, 0.15) is 5.82 Å². The molecular formula is C12H19N3. The minimum atomic E-state index is 0.153. The summed E-state index contributed by atoms with van der Waals surface area (Å²) in [5.74, 6) is 3.59. The van der Waals surface area contributed by atoms with E-state index in [-0.39, 0.29) is 6.04 Å². The number of aromatic nitrogens is 2. The quantitative estimate of drug-likeness (QED) is 0.801. The van der Waals surface area contributed by atoms with E-state index in [0.717, 1.165) is 17.7 Å². The molecule has 82 valence electrons. The van der Waals surface area contributed by atoms with E-state index in [0.29, 0.717) is 5.92 Å². The lowest BCUT2D eigenvalue weighted by molar-refractivity contribution is 0.275. The Morgan fingerprint density at radius 3 is 2.87 bits per heavy atom. The molecule has 0 amide bonds. The van der Waals surface area contributed by atoms with Gasteiger partial charge in [-0.1, -0.05) is 6.42 Å². The molecule has 15 heavy (non-hydrogen) atoms. The smallest absolute Gasteiger partial charge is 0.125 e. The maximum Gasteiger partial charge on any atom is 0.125 e. The molecule has 0 radical (unpaired) electrons. The van der Waals surface area contributed by atoms with E-state index in [2.05, 4.69) is 9.55 Å². The Morgan fingerprint density at radius 1 is 1.47 bits per heavy atom. The molecule has 2 bridgehead atoms. The molecule has 0 aromatic carbocycles. The van der Waals surface area contributed by atoms with Gasteiger partial charge in [-0.15, -0.1) is 0 Å². The first kappa shape index (κ1) is 9.40. The van der Waals surface area contributed by atoms with Crippen LogP contribution in [0.25, 0.3) is 0 Å². The Hall–Kier alpha value is -0.830. The van der Waals surface area contributed by atoms with Crippen LogP contribution in [0.3, 0.4) is 0 Å². The molecular weight excluding hydrogens is 186 g/mol. The van der Waals surface area contributed by atoms with E-state index in [1.54, 1.807) is 0 Å². The molecule has 2 fully saturated rings. The second-order valence-corrected chi connectivity index (χ2v) is 5.26. The number of aryl methyl sites for hydroxylation is 1. The number of nitrogens with two attached hydrogens (primary N) is 1. The zero-order valence-corrected chi connectivity index (χ0v) is 9.26. The Balaban J connectivity index is 1.81. The van der Waals surface area contributed by atoms with Crippen LogP contribution in [0, 0.1) is 17.8 Å². The van der Waals surface area contributed by atoms with Gasteiger partial charge >= 0.3 is 0 Å². The van der Waals surface area contributed by atoms with Crippen LogP contribution in [0.4, 0.5) is 0 Å². The molecule has 3 rings (SSSR count). The fourth-order valence-corrected chi connectivity index (χ4v) is 3.62. The number of hydrogen-bond acceptors (Lipinski definition) is 2. The lowest BCUT2D eigenvalue weighted by Gasteiger charge is -2.27. The van der Waals surface area contributed by atoms with E-state index >= 15 is 0 Å². The highest BCUT2D eigenvalue weighted by molar-refractivity contribution is 5.04. The van der Waals surface area contributed by atoms with Crippen molar-refractivity contribution in [3.05, 3.63) is 18.2 Å². The van der Waals surface area contributed by atoms with Gasteiger partial charge in [0.05, 0.1) is 6.04 Å². The van der Waals surface area contributed by atoms with E-state index < -0.39 is 0 Å². The Kier molecular flexibility index (Phi) is 2.09. The summed E-state index contributed by atoms with van der Waals surface area (Å²) >= 11 is 0. The summed E-state index contributed by atoms with van der Waals surface area (Å²) in [6.07, 6.45) is 9.42. The van der Waals surface area contributed by atoms with Crippen LogP contribution in [0.2, 0.25) is 0 Å². The minimum Gasteiger partial charge on any atom is -0.337 e. The van der Waals surface area contributed by atoms with Crippen LogP contribution in [-0.4, -0.2) is 9.55 Å². The summed E-state index contributed by atoms with van der Waals surface area (Å²) in [6.45, 7) is 0. The van der Waals surface area contributed by atoms with E-state index in [4.69, 9.17) is 5.73 Å². The number of nitrogens with zero attached hydrogens (tertiary/aromatic N) is 2. The molecule has 1 heterocycles. The Labute approximate surface area is 90.7 Å². The van der Waals surface area contributed by atoms with Crippen molar-refractivity contribution in [1.82, 2.24) is 9.55 Å². The maximum absolute atomic E-state index is 6.35. The van der Waals surface area contributed by atoms with Crippen molar-refractivity contribution < 1.29 is 0 Å². The van der Waals surface area contributed by atoms with E-state index in [1.807, 2.05) is 19.4 Å². The first-order chi connectivity index (χ1) is 7.25. The summed E-state index contributed by atoms with van der Waals surface area (Å²) in [4.78, 5) is 4.38. The number of imidazole rings is 1. The maximum atomic E-state index is 6.35. The van der Waals surface area contributed by atoms with Crippen LogP contribution < -0.4 is 5.73 Å². The highest BCUT2D eigenvalue weighted by atomic mass is 15.1. The van der Waals surface area contributed by atoms with Crippen LogP contribution >= 0.6 is 0 Å². The zero-order valence-electron chi connectivity index (χ0n) is 9.26. The number of hydrogen-bond donors (Lipinski definition) is 1. The van der Waals surface area contributed by atoms with Crippen molar-refractivity contribution in [2.24, 2.45) is 30.5 Å². The van der Waals surface area contributed by atoms with Crippen molar-refractivity contribution in [2.75, 3.05) is 0 Å². The molecule has 3 nitrogen and oxygen atoms in total. The molecule has 4 unspecified atom stereocenters. The topological polar surface area (TPSA) is 43.8 Å². The van der Waals surface area contributed by atoms with Crippen LogP contribution in [0.5, 0.6) is 0 Å². The molecule has 3 heteroatoms. The van der Waals surface area contributed by atoms with Crippen LogP contribution in [0.1, 0.15) is 37.5 Å². The lowest BCUT2D eigenvalue weighted by Crippen LogP contribution is -2.28. The second-order valence-electron chi connectivity index (χ2n) is 5.26. The van der Waals surface area contributed by atoms with Crippen molar-refractivity contribution >= 4 is 0 Å². The fraction of sp³-hybridized carbons (Fsp3) is 0.750. The summed E-state index contributed by atoms with van der Waals surface area (Å²) in [6, 6.07) is 0.153. The normalized spacial score (nSPS) is 36.0. The third-order valence-corrected chi connectivity index (χ3v) is 4.41. The van der Waals surface area contributed by atoms with Gasteiger partial charge < -0.3 is 10.3 Å². The van der Waals surface area contributed by atoms with E-state index in [1.165, 1.54) is 25.7 Å². The van der Waals surface area contributed by atoms with Gasteiger partial charge in [-0.25, -0.2) is 4.98 Å². The van der Waals surface area contributed by atoms with Crippen LogP contribution in [-0.2, 0) is 7.05 Å². The molecule has 1 aromatic heterocycles. The Morgan fingerprint density at radius 2 is 2.33 bits per heavy atom. The van der Waals surface area contributed by atoms with Crippen LogP contribution in [0.15, 0.2) is 12.4 Å². The van der Waals surface area contributed by atoms with Gasteiger partial charge in [0, 0.05) is 19.4 Å². The SMILES string of the molecule is Cn1ccnc1C(N)C1CC2CCC1C2. The molecule has 2 aliphatic rings. The molecule has 1 aromatic rings. The molecule has 0 aliphatic heterocycles. The van der Waals surface area contributed by atoms with Gasteiger partial charge in [0.15, 0.2) is 0 Å². The average Bonchev–Trinajstić information content (AvgIpc) is 2.91. The molecule has 2 N–H and O–H groups in total. The van der Waals surface area contributed by atoms with E-state index in [9.17, 15) is 0 Å². The second kappa shape index (κ2) is 3.34. The largest absolute Gasteiger partial charge is 0.337 e. The van der Waals surface area contributed by atoms with Gasteiger partial charge in [-0.05, 0) is 37.0 Å². The fourth-order valence-electron chi connectivity index (χ4n) is 3.62. The summed E-state index contributed by atoms with van der Waals surface area (Å²) in [5, 5.41) is 0. The third kappa shape index (κ3) is 1.41. The lowest BCUT2D eigenvalue weighted by atomic mass is 9.83. The number of fused-ring (bicyclic) bond motifs is 2. The van der Waals surface area contributed by atoms with Crippen molar-refractivity contribution in [3.63, 3.8) is 0 Å². The highest BCUT2D eigenvalue weighted by Gasteiger charge is 2.43. The molecule has 2 saturated carbocycles. The molecule has 0 spiro atoms. The zero-order chi connectivity index (χ0) is 10.4. The Bertz CT molecular complexity index is 358. The summed E-state index contributed by atoms with van der Waals surface area (Å²) < 4.78 is 2.07. The van der Waals surface area contributed by atoms with Gasteiger partial charge in [0.25, 0.3) is 0 Å².